The number of likely N-dealkylation sites (tertiary alicyclic amines) is 1. The standard InChI is InChI=1S/C25H32N2O3/c1-17(2)12-13-26-24(28)23-16-27(25(29)19-10-8-18(3)9-11-19)15-22(23)20-6-5-7-21(14-20)30-4/h5-11,14,17,22-23H,12-13,15-16H2,1-4H3,(H,26,28). The van der Waals surface area contributed by atoms with Crippen LogP contribution >= 0.6 is 0 Å². The zero-order valence-electron chi connectivity index (χ0n) is 18.4. The minimum Gasteiger partial charge on any atom is -0.497 e. The van der Waals surface area contributed by atoms with Gasteiger partial charge in [0.1, 0.15) is 5.75 Å². The van der Waals surface area contributed by atoms with Crippen LogP contribution in [0.4, 0.5) is 0 Å². The van der Waals surface area contributed by atoms with Crippen molar-refractivity contribution in [3.05, 3.63) is 65.2 Å². The Morgan fingerprint density at radius 1 is 1.13 bits per heavy atom. The van der Waals surface area contributed by atoms with Crippen molar-refractivity contribution in [2.45, 2.75) is 33.1 Å². The van der Waals surface area contributed by atoms with E-state index in [4.69, 9.17) is 4.74 Å². The highest BCUT2D eigenvalue weighted by Gasteiger charge is 2.40. The van der Waals surface area contributed by atoms with Gasteiger partial charge in [0.2, 0.25) is 5.91 Å². The lowest BCUT2D eigenvalue weighted by Crippen LogP contribution is -2.36. The van der Waals surface area contributed by atoms with E-state index >= 15 is 0 Å². The molecular weight excluding hydrogens is 376 g/mol. The second-order valence-electron chi connectivity index (χ2n) is 8.54. The first-order chi connectivity index (χ1) is 14.4. The molecule has 0 aromatic heterocycles. The molecule has 0 saturated carbocycles. The smallest absolute Gasteiger partial charge is 0.253 e. The summed E-state index contributed by atoms with van der Waals surface area (Å²) in [6.07, 6.45) is 0.939. The Labute approximate surface area is 179 Å². The zero-order chi connectivity index (χ0) is 21.7. The van der Waals surface area contributed by atoms with Crippen LogP contribution in [-0.2, 0) is 4.79 Å². The van der Waals surface area contributed by atoms with Gasteiger partial charge < -0.3 is 15.0 Å². The molecule has 1 fully saturated rings. The lowest BCUT2D eigenvalue weighted by atomic mass is 9.88. The number of aryl methyl sites for hydroxylation is 1. The van der Waals surface area contributed by atoms with Crippen molar-refractivity contribution < 1.29 is 14.3 Å². The van der Waals surface area contributed by atoms with E-state index in [9.17, 15) is 9.59 Å². The molecule has 2 aromatic rings. The van der Waals surface area contributed by atoms with Gasteiger partial charge in [-0.2, -0.15) is 0 Å². The summed E-state index contributed by atoms with van der Waals surface area (Å²) >= 11 is 0. The van der Waals surface area contributed by atoms with Gasteiger partial charge in [0.05, 0.1) is 13.0 Å². The number of hydrogen-bond acceptors (Lipinski definition) is 3. The number of ether oxygens (including phenoxy) is 1. The van der Waals surface area contributed by atoms with Crippen molar-refractivity contribution in [2.24, 2.45) is 11.8 Å². The number of hydrogen-bond donors (Lipinski definition) is 1. The van der Waals surface area contributed by atoms with E-state index in [0.29, 0.717) is 31.1 Å². The van der Waals surface area contributed by atoms with Crippen LogP contribution in [0.25, 0.3) is 0 Å². The average Bonchev–Trinajstić information content (AvgIpc) is 3.19. The summed E-state index contributed by atoms with van der Waals surface area (Å²) in [4.78, 5) is 27.9. The van der Waals surface area contributed by atoms with Crippen molar-refractivity contribution in [3.63, 3.8) is 0 Å². The first-order valence-corrected chi connectivity index (χ1v) is 10.7. The maximum atomic E-state index is 13.1. The quantitative estimate of drug-likeness (QED) is 0.753. The zero-order valence-corrected chi connectivity index (χ0v) is 18.4. The summed E-state index contributed by atoms with van der Waals surface area (Å²) in [7, 11) is 1.64. The van der Waals surface area contributed by atoms with Crippen LogP contribution in [-0.4, -0.2) is 43.5 Å². The lowest BCUT2D eigenvalue weighted by Gasteiger charge is -2.19. The Morgan fingerprint density at radius 3 is 2.53 bits per heavy atom. The highest BCUT2D eigenvalue weighted by molar-refractivity contribution is 5.95. The molecule has 0 bridgehead atoms. The third-order valence-corrected chi connectivity index (χ3v) is 5.79. The van der Waals surface area contributed by atoms with E-state index in [1.807, 2.05) is 60.4 Å². The summed E-state index contributed by atoms with van der Waals surface area (Å²) in [6, 6.07) is 15.4. The molecule has 30 heavy (non-hydrogen) atoms. The molecule has 1 N–H and O–H groups in total. The maximum absolute atomic E-state index is 13.1. The van der Waals surface area contributed by atoms with Crippen LogP contribution in [0.2, 0.25) is 0 Å². The third-order valence-electron chi connectivity index (χ3n) is 5.79. The lowest BCUT2D eigenvalue weighted by molar-refractivity contribution is -0.124. The number of methoxy groups -OCH3 is 1. The van der Waals surface area contributed by atoms with Crippen molar-refractivity contribution in [3.8, 4) is 5.75 Å². The third kappa shape index (κ3) is 5.21. The Hall–Kier alpha value is -2.82. The van der Waals surface area contributed by atoms with Gasteiger partial charge in [-0.3, -0.25) is 9.59 Å². The van der Waals surface area contributed by atoms with E-state index in [1.165, 1.54) is 0 Å². The van der Waals surface area contributed by atoms with Crippen LogP contribution in [0.3, 0.4) is 0 Å². The minimum absolute atomic E-state index is 0.0164. The Balaban J connectivity index is 1.82. The molecule has 5 heteroatoms. The van der Waals surface area contributed by atoms with Gasteiger partial charge >= 0.3 is 0 Å². The van der Waals surface area contributed by atoms with Crippen molar-refractivity contribution in [1.82, 2.24) is 10.2 Å². The molecule has 2 amide bonds. The molecule has 1 saturated heterocycles. The molecule has 0 radical (unpaired) electrons. The number of amides is 2. The van der Waals surface area contributed by atoms with Crippen LogP contribution in [0.1, 0.15) is 47.7 Å². The summed E-state index contributed by atoms with van der Waals surface area (Å²) in [6.45, 7) is 7.87. The molecule has 0 spiro atoms. The molecule has 5 nitrogen and oxygen atoms in total. The highest BCUT2D eigenvalue weighted by Crippen LogP contribution is 2.35. The summed E-state index contributed by atoms with van der Waals surface area (Å²) in [5, 5.41) is 3.08. The molecule has 2 aromatic carbocycles. The average molecular weight is 409 g/mol. The monoisotopic (exact) mass is 408 g/mol. The van der Waals surface area contributed by atoms with E-state index in [0.717, 1.165) is 23.3 Å². The predicted octanol–water partition coefficient (Wildman–Crippen LogP) is 4.02. The van der Waals surface area contributed by atoms with Crippen molar-refractivity contribution >= 4 is 11.8 Å². The fraction of sp³-hybridized carbons (Fsp3) is 0.440. The fourth-order valence-corrected chi connectivity index (χ4v) is 3.94. The van der Waals surface area contributed by atoms with Crippen molar-refractivity contribution in [1.29, 1.82) is 0 Å². The molecular formula is C25H32N2O3. The van der Waals surface area contributed by atoms with E-state index in [-0.39, 0.29) is 23.7 Å². The fourth-order valence-electron chi connectivity index (χ4n) is 3.94. The van der Waals surface area contributed by atoms with Crippen LogP contribution in [0, 0.1) is 18.8 Å². The first kappa shape index (κ1) is 21.9. The predicted molar refractivity (Wildman–Crippen MR) is 119 cm³/mol. The van der Waals surface area contributed by atoms with E-state index in [2.05, 4.69) is 19.2 Å². The number of carbonyl (C=O) groups excluding carboxylic acids is 2. The summed E-state index contributed by atoms with van der Waals surface area (Å²) in [5.41, 5.74) is 2.80. The van der Waals surface area contributed by atoms with Gasteiger partial charge in [0.25, 0.3) is 5.91 Å². The van der Waals surface area contributed by atoms with Crippen LogP contribution < -0.4 is 10.1 Å². The van der Waals surface area contributed by atoms with Crippen molar-refractivity contribution in [2.75, 3.05) is 26.7 Å². The molecule has 160 valence electrons. The van der Waals surface area contributed by atoms with Crippen LogP contribution in [0.15, 0.2) is 48.5 Å². The van der Waals surface area contributed by atoms with Crippen LogP contribution in [0.5, 0.6) is 5.75 Å². The summed E-state index contributed by atoms with van der Waals surface area (Å²) in [5.74, 6) is 0.938. The number of nitrogens with zero attached hydrogens (tertiary/aromatic N) is 1. The largest absolute Gasteiger partial charge is 0.497 e. The molecule has 1 aliphatic heterocycles. The molecule has 2 atom stereocenters. The van der Waals surface area contributed by atoms with E-state index < -0.39 is 0 Å². The molecule has 1 aliphatic rings. The maximum Gasteiger partial charge on any atom is 0.253 e. The van der Waals surface area contributed by atoms with Gasteiger partial charge in [-0.1, -0.05) is 43.7 Å². The highest BCUT2D eigenvalue weighted by atomic mass is 16.5. The van der Waals surface area contributed by atoms with E-state index in [1.54, 1.807) is 7.11 Å². The second kappa shape index (κ2) is 9.79. The number of rotatable bonds is 7. The molecule has 1 heterocycles. The van der Waals surface area contributed by atoms with Gasteiger partial charge in [0, 0.05) is 31.1 Å². The van der Waals surface area contributed by atoms with Gasteiger partial charge in [0.15, 0.2) is 0 Å². The van der Waals surface area contributed by atoms with Gasteiger partial charge in [-0.05, 0) is 49.1 Å². The number of benzene rings is 2. The molecule has 0 aliphatic carbocycles. The van der Waals surface area contributed by atoms with Gasteiger partial charge in [-0.15, -0.1) is 0 Å². The Kier molecular flexibility index (Phi) is 7.14. The Bertz CT molecular complexity index is 876. The SMILES string of the molecule is COc1cccc(C2CN(C(=O)c3ccc(C)cc3)CC2C(=O)NCCC(C)C)c1. The number of carbonyl (C=O) groups is 2. The number of nitrogens with one attached hydrogen (secondary N) is 1. The minimum atomic E-state index is -0.279. The summed E-state index contributed by atoms with van der Waals surface area (Å²) < 4.78 is 5.38. The topological polar surface area (TPSA) is 58.6 Å². The van der Waals surface area contributed by atoms with Gasteiger partial charge in [-0.25, -0.2) is 0 Å². The molecule has 3 rings (SSSR count). The second-order valence-corrected chi connectivity index (χ2v) is 8.54. The normalized spacial score (nSPS) is 18.5. The Morgan fingerprint density at radius 2 is 1.87 bits per heavy atom. The molecule has 2 unspecified atom stereocenters. The first-order valence-electron chi connectivity index (χ1n) is 10.7.